The molecule has 0 spiro atoms. The zero-order valence-electron chi connectivity index (χ0n) is 11.3. The van der Waals surface area contributed by atoms with Crippen molar-refractivity contribution in [2.24, 2.45) is 0 Å². The van der Waals surface area contributed by atoms with Gasteiger partial charge in [0.25, 0.3) is 0 Å². The minimum absolute atomic E-state index is 0.485. The molecule has 0 aliphatic rings. The first-order chi connectivity index (χ1) is 7.25. The molecule has 1 aromatic heterocycles. The smallest absolute Gasteiger partial charge is 0.0643 e. The van der Waals surface area contributed by atoms with Gasteiger partial charge in [-0.3, -0.25) is 9.97 Å². The van der Waals surface area contributed by atoms with Crippen LogP contribution in [0.15, 0.2) is 12.4 Å². The molecule has 2 nitrogen and oxygen atoms in total. The topological polar surface area (TPSA) is 25.8 Å². The van der Waals surface area contributed by atoms with Crippen LogP contribution in [0, 0.1) is 0 Å². The molecule has 1 aromatic rings. The maximum absolute atomic E-state index is 4.29. The fourth-order valence-corrected chi connectivity index (χ4v) is 1.13. The first-order valence-corrected chi connectivity index (χ1v) is 6.05. The molecule has 0 saturated carbocycles. The molecule has 0 aliphatic carbocycles. The van der Waals surface area contributed by atoms with Crippen molar-refractivity contribution in [1.29, 1.82) is 0 Å². The summed E-state index contributed by atoms with van der Waals surface area (Å²) in [6, 6.07) is 0. The average Bonchev–Trinajstić information content (AvgIpc) is 2.34. The van der Waals surface area contributed by atoms with Gasteiger partial charge in [0.2, 0.25) is 0 Å². The summed E-state index contributed by atoms with van der Waals surface area (Å²) in [6.07, 6.45) is 4.49. The zero-order chi connectivity index (χ0) is 12.3. The highest BCUT2D eigenvalue weighted by Crippen LogP contribution is 2.13. The Labute approximate surface area is 95.2 Å². The predicted octanol–water partition coefficient (Wildman–Crippen LogP) is 4.21. The van der Waals surface area contributed by atoms with Gasteiger partial charge in [0.15, 0.2) is 0 Å². The molecule has 0 radical (unpaired) electrons. The van der Waals surface area contributed by atoms with Gasteiger partial charge >= 0.3 is 0 Å². The molecule has 0 unspecified atom stereocenters. The van der Waals surface area contributed by atoms with Crippen molar-refractivity contribution in [1.82, 2.24) is 9.97 Å². The minimum atomic E-state index is 0.485. The summed E-state index contributed by atoms with van der Waals surface area (Å²) >= 11 is 0. The van der Waals surface area contributed by atoms with Gasteiger partial charge in [-0.1, -0.05) is 48.5 Å². The van der Waals surface area contributed by atoms with E-state index >= 15 is 0 Å². The van der Waals surface area contributed by atoms with Crippen LogP contribution in [0.2, 0.25) is 0 Å². The molecule has 0 bridgehead atoms. The SMILES string of the molecule is CC.CC.CCc1nccnc1C(C)C. The van der Waals surface area contributed by atoms with Crippen LogP contribution in [-0.4, -0.2) is 9.97 Å². The Morgan fingerprint density at radius 1 is 1.00 bits per heavy atom. The molecule has 0 aromatic carbocycles. The van der Waals surface area contributed by atoms with Gasteiger partial charge in [-0.25, -0.2) is 0 Å². The first-order valence-electron chi connectivity index (χ1n) is 6.05. The Balaban J connectivity index is 0. The number of aryl methyl sites for hydroxylation is 1. The fraction of sp³-hybridized carbons (Fsp3) is 0.692. The molecule has 0 fully saturated rings. The standard InChI is InChI=1S/C9H14N2.2C2H6/c1-4-8-9(7(2)3)11-6-5-10-8;2*1-2/h5-7H,4H2,1-3H3;2*1-2H3. The Bertz CT molecular complexity index is 232. The molecule has 15 heavy (non-hydrogen) atoms. The monoisotopic (exact) mass is 210 g/mol. The van der Waals surface area contributed by atoms with E-state index in [2.05, 4.69) is 30.7 Å². The fourth-order valence-electron chi connectivity index (χ4n) is 1.13. The minimum Gasteiger partial charge on any atom is -0.258 e. The van der Waals surface area contributed by atoms with Crippen LogP contribution in [-0.2, 0) is 6.42 Å². The molecule has 0 saturated heterocycles. The molecule has 1 heterocycles. The van der Waals surface area contributed by atoms with Crippen LogP contribution in [0.1, 0.15) is 65.8 Å². The van der Waals surface area contributed by atoms with E-state index in [9.17, 15) is 0 Å². The van der Waals surface area contributed by atoms with E-state index in [0.29, 0.717) is 5.92 Å². The number of rotatable bonds is 2. The summed E-state index contributed by atoms with van der Waals surface area (Å²) in [4.78, 5) is 8.54. The van der Waals surface area contributed by atoms with Crippen LogP contribution in [0.5, 0.6) is 0 Å². The van der Waals surface area contributed by atoms with E-state index in [1.165, 1.54) is 0 Å². The second-order valence-electron chi connectivity index (χ2n) is 2.90. The lowest BCUT2D eigenvalue weighted by atomic mass is 10.1. The van der Waals surface area contributed by atoms with E-state index in [4.69, 9.17) is 0 Å². The highest BCUT2D eigenvalue weighted by molar-refractivity contribution is 5.13. The van der Waals surface area contributed by atoms with Crippen LogP contribution in [0.4, 0.5) is 0 Å². The van der Waals surface area contributed by atoms with E-state index in [1.807, 2.05) is 27.7 Å². The van der Waals surface area contributed by atoms with Crippen LogP contribution in [0.3, 0.4) is 0 Å². The summed E-state index contributed by atoms with van der Waals surface area (Å²) in [6.45, 7) is 14.4. The molecular weight excluding hydrogens is 184 g/mol. The molecule has 0 atom stereocenters. The summed E-state index contributed by atoms with van der Waals surface area (Å²) in [5, 5.41) is 0. The third-order valence-corrected chi connectivity index (χ3v) is 1.69. The van der Waals surface area contributed by atoms with Crippen molar-refractivity contribution in [2.75, 3.05) is 0 Å². The van der Waals surface area contributed by atoms with Crippen molar-refractivity contribution >= 4 is 0 Å². The number of hydrogen-bond acceptors (Lipinski definition) is 2. The first kappa shape index (κ1) is 16.5. The second-order valence-corrected chi connectivity index (χ2v) is 2.90. The normalized spacial score (nSPS) is 8.53. The molecule has 1 rings (SSSR count). The van der Waals surface area contributed by atoms with Gasteiger partial charge in [0.1, 0.15) is 0 Å². The maximum Gasteiger partial charge on any atom is 0.0643 e. The van der Waals surface area contributed by atoms with Gasteiger partial charge in [-0.15, -0.1) is 0 Å². The van der Waals surface area contributed by atoms with Crippen LogP contribution < -0.4 is 0 Å². The molecule has 0 amide bonds. The summed E-state index contributed by atoms with van der Waals surface area (Å²) < 4.78 is 0. The van der Waals surface area contributed by atoms with Crippen LogP contribution in [0.25, 0.3) is 0 Å². The van der Waals surface area contributed by atoms with Crippen LogP contribution >= 0.6 is 0 Å². The molecular formula is C13H26N2. The lowest BCUT2D eigenvalue weighted by Crippen LogP contribution is -2.00. The van der Waals surface area contributed by atoms with Gasteiger partial charge in [0, 0.05) is 12.4 Å². The van der Waals surface area contributed by atoms with E-state index in [1.54, 1.807) is 12.4 Å². The van der Waals surface area contributed by atoms with Gasteiger partial charge in [0.05, 0.1) is 11.4 Å². The number of hydrogen-bond donors (Lipinski definition) is 0. The predicted molar refractivity (Wildman–Crippen MR) is 68.2 cm³/mol. The zero-order valence-corrected chi connectivity index (χ0v) is 11.3. The summed E-state index contributed by atoms with van der Waals surface area (Å²) in [7, 11) is 0. The molecule has 0 aliphatic heterocycles. The summed E-state index contributed by atoms with van der Waals surface area (Å²) in [5.74, 6) is 0.485. The quantitative estimate of drug-likeness (QED) is 0.730. The Kier molecular flexibility index (Phi) is 12.3. The van der Waals surface area contributed by atoms with E-state index in [0.717, 1.165) is 17.8 Å². The maximum atomic E-state index is 4.29. The Morgan fingerprint density at radius 2 is 1.47 bits per heavy atom. The van der Waals surface area contributed by atoms with Crippen molar-refractivity contribution in [3.05, 3.63) is 23.8 Å². The Hall–Kier alpha value is -0.920. The highest BCUT2D eigenvalue weighted by atomic mass is 14.8. The molecule has 2 heteroatoms. The average molecular weight is 210 g/mol. The highest BCUT2D eigenvalue weighted by Gasteiger charge is 2.05. The number of aromatic nitrogens is 2. The summed E-state index contributed by atoms with van der Waals surface area (Å²) in [5.41, 5.74) is 2.26. The Morgan fingerprint density at radius 3 is 1.80 bits per heavy atom. The van der Waals surface area contributed by atoms with Crippen molar-refractivity contribution in [3.8, 4) is 0 Å². The van der Waals surface area contributed by atoms with Gasteiger partial charge < -0.3 is 0 Å². The van der Waals surface area contributed by atoms with Gasteiger partial charge in [-0.05, 0) is 12.3 Å². The second kappa shape index (κ2) is 11.2. The van der Waals surface area contributed by atoms with E-state index in [-0.39, 0.29) is 0 Å². The van der Waals surface area contributed by atoms with Crippen molar-refractivity contribution in [3.63, 3.8) is 0 Å². The third kappa shape index (κ3) is 6.21. The lowest BCUT2D eigenvalue weighted by Gasteiger charge is -2.07. The van der Waals surface area contributed by atoms with Crippen molar-refractivity contribution < 1.29 is 0 Å². The lowest BCUT2D eigenvalue weighted by molar-refractivity contribution is 0.778. The van der Waals surface area contributed by atoms with Gasteiger partial charge in [-0.2, -0.15) is 0 Å². The molecule has 88 valence electrons. The third-order valence-electron chi connectivity index (χ3n) is 1.69. The largest absolute Gasteiger partial charge is 0.258 e. The number of nitrogens with zero attached hydrogens (tertiary/aromatic N) is 2. The van der Waals surface area contributed by atoms with Crippen molar-refractivity contribution in [2.45, 2.75) is 60.8 Å². The van der Waals surface area contributed by atoms with E-state index < -0.39 is 0 Å². The molecule has 0 N–H and O–H groups in total.